The van der Waals surface area contributed by atoms with E-state index in [2.05, 4.69) is 16.2 Å². The molecule has 2 aliphatic rings. The minimum atomic E-state index is -0.0668. The van der Waals surface area contributed by atoms with Crippen LogP contribution in [0.1, 0.15) is 6.92 Å². The lowest BCUT2D eigenvalue weighted by Crippen LogP contribution is -2.35. The molecular formula is C12H19N3O3. The fourth-order valence-electron chi connectivity index (χ4n) is 1.91. The van der Waals surface area contributed by atoms with Crippen LogP contribution in [-0.4, -0.2) is 38.0 Å². The predicted molar refractivity (Wildman–Crippen MR) is 67.0 cm³/mol. The highest BCUT2D eigenvalue weighted by Crippen LogP contribution is 2.21. The summed E-state index contributed by atoms with van der Waals surface area (Å²) in [4.78, 5) is 0. The molecule has 2 aliphatic heterocycles. The Kier molecular flexibility index (Phi) is 4.11. The van der Waals surface area contributed by atoms with Gasteiger partial charge in [-0.2, -0.15) is 0 Å². The van der Waals surface area contributed by atoms with Crippen LogP contribution in [0.25, 0.3) is 0 Å². The molecule has 2 rings (SSSR count). The van der Waals surface area contributed by atoms with Crippen LogP contribution < -0.4 is 16.2 Å². The Morgan fingerprint density at radius 1 is 1.50 bits per heavy atom. The molecule has 0 fully saturated rings. The largest absolute Gasteiger partial charge is 0.496 e. The fraction of sp³-hybridized carbons (Fsp3) is 0.500. The molecular weight excluding hydrogens is 234 g/mol. The lowest BCUT2D eigenvalue weighted by atomic mass is 10.1. The van der Waals surface area contributed by atoms with Gasteiger partial charge in [0.2, 0.25) is 0 Å². The Hall–Kier alpha value is -1.66. The zero-order valence-electron chi connectivity index (χ0n) is 10.6. The number of dihydropyridines is 1. The van der Waals surface area contributed by atoms with Crippen molar-refractivity contribution in [3.8, 4) is 0 Å². The van der Waals surface area contributed by atoms with Crippen LogP contribution in [0.15, 0.2) is 35.1 Å². The van der Waals surface area contributed by atoms with Gasteiger partial charge in [0.05, 0.1) is 32.1 Å². The first-order chi connectivity index (χ1) is 8.78. The second-order valence-corrected chi connectivity index (χ2v) is 3.98. The van der Waals surface area contributed by atoms with E-state index in [1.807, 2.05) is 19.1 Å². The van der Waals surface area contributed by atoms with Gasteiger partial charge in [-0.1, -0.05) is 0 Å². The van der Waals surface area contributed by atoms with Gasteiger partial charge in [-0.3, -0.25) is 0 Å². The average Bonchev–Trinajstić information content (AvgIpc) is 2.87. The van der Waals surface area contributed by atoms with E-state index in [9.17, 15) is 0 Å². The molecule has 0 saturated carbocycles. The highest BCUT2D eigenvalue weighted by molar-refractivity contribution is 5.42. The summed E-state index contributed by atoms with van der Waals surface area (Å²) >= 11 is 0. The summed E-state index contributed by atoms with van der Waals surface area (Å²) in [6.45, 7) is 3.22. The Morgan fingerprint density at radius 3 is 2.94 bits per heavy atom. The lowest BCUT2D eigenvalue weighted by Gasteiger charge is -2.21. The second-order valence-electron chi connectivity index (χ2n) is 3.98. The summed E-state index contributed by atoms with van der Waals surface area (Å²) in [6, 6.07) is -0.0668. The average molecular weight is 253 g/mol. The number of hydrogen-bond donors (Lipinski definition) is 4. The molecule has 18 heavy (non-hydrogen) atoms. The van der Waals surface area contributed by atoms with Crippen molar-refractivity contribution in [3.63, 3.8) is 0 Å². The van der Waals surface area contributed by atoms with Gasteiger partial charge in [-0.25, -0.2) is 5.43 Å². The topological polar surface area (TPSA) is 74.8 Å². The van der Waals surface area contributed by atoms with Gasteiger partial charge in [-0.15, -0.1) is 0 Å². The van der Waals surface area contributed by atoms with E-state index in [0.717, 1.165) is 17.0 Å². The third kappa shape index (κ3) is 2.60. The Balaban J connectivity index is 2.20. The van der Waals surface area contributed by atoms with Gasteiger partial charge >= 0.3 is 0 Å². The molecule has 0 spiro atoms. The molecule has 6 heteroatoms. The van der Waals surface area contributed by atoms with E-state index in [4.69, 9.17) is 14.6 Å². The monoisotopic (exact) mass is 253 g/mol. The molecule has 100 valence electrons. The van der Waals surface area contributed by atoms with Gasteiger partial charge in [0.1, 0.15) is 5.76 Å². The molecule has 2 heterocycles. The van der Waals surface area contributed by atoms with Crippen LogP contribution >= 0.6 is 0 Å². The molecule has 6 nitrogen and oxygen atoms in total. The zero-order valence-corrected chi connectivity index (χ0v) is 10.6. The van der Waals surface area contributed by atoms with Crippen LogP contribution in [0.5, 0.6) is 0 Å². The molecule has 1 unspecified atom stereocenters. The maximum atomic E-state index is 9.08. The van der Waals surface area contributed by atoms with E-state index in [1.165, 1.54) is 0 Å². The minimum absolute atomic E-state index is 0.0551. The van der Waals surface area contributed by atoms with Gasteiger partial charge in [0.25, 0.3) is 0 Å². The van der Waals surface area contributed by atoms with Crippen LogP contribution in [0.4, 0.5) is 0 Å². The van der Waals surface area contributed by atoms with Crippen LogP contribution in [-0.2, 0) is 9.47 Å². The van der Waals surface area contributed by atoms with Gasteiger partial charge in [-0.05, 0) is 13.0 Å². The number of aliphatic hydroxyl groups excluding tert-OH is 1. The van der Waals surface area contributed by atoms with Crippen molar-refractivity contribution in [1.29, 1.82) is 0 Å². The number of allylic oxidation sites excluding steroid dienone is 1. The second kappa shape index (κ2) is 5.79. The van der Waals surface area contributed by atoms with Crippen molar-refractivity contribution in [1.82, 2.24) is 16.2 Å². The SMILES string of the molecule is CCOC1=CC(OC)=C(C2=CC(CO)NN2)CN1. The van der Waals surface area contributed by atoms with Crippen LogP contribution in [0, 0.1) is 0 Å². The summed E-state index contributed by atoms with van der Waals surface area (Å²) in [6.07, 6.45) is 3.77. The van der Waals surface area contributed by atoms with E-state index in [1.54, 1.807) is 7.11 Å². The highest BCUT2D eigenvalue weighted by atomic mass is 16.5. The summed E-state index contributed by atoms with van der Waals surface area (Å²) in [7, 11) is 1.63. The number of methoxy groups -OCH3 is 1. The predicted octanol–water partition coefficient (Wildman–Crippen LogP) is -0.279. The standard InChI is InChI=1S/C12H19N3O3/c1-3-18-12-5-11(17-2)9(6-13-12)10-4-8(7-16)14-15-10/h4-5,8,13-16H,3,6-7H2,1-2H3. The van der Waals surface area contributed by atoms with Gasteiger partial charge < -0.3 is 25.3 Å². The Morgan fingerprint density at radius 2 is 2.33 bits per heavy atom. The number of hydrazine groups is 1. The maximum Gasteiger partial charge on any atom is 0.190 e. The minimum Gasteiger partial charge on any atom is -0.496 e. The van der Waals surface area contributed by atoms with Crippen molar-refractivity contribution in [2.24, 2.45) is 0 Å². The lowest BCUT2D eigenvalue weighted by molar-refractivity contribution is 0.199. The van der Waals surface area contributed by atoms with Gasteiger partial charge in [0, 0.05) is 18.2 Å². The van der Waals surface area contributed by atoms with E-state index in [-0.39, 0.29) is 12.6 Å². The Labute approximate surface area is 106 Å². The number of hydrogen-bond acceptors (Lipinski definition) is 6. The van der Waals surface area contributed by atoms with Crippen molar-refractivity contribution in [2.45, 2.75) is 13.0 Å². The van der Waals surface area contributed by atoms with Crippen molar-refractivity contribution in [3.05, 3.63) is 35.1 Å². The molecule has 0 saturated heterocycles. The first kappa shape index (κ1) is 12.8. The molecule has 0 bridgehead atoms. The van der Waals surface area contributed by atoms with Crippen LogP contribution in [0.3, 0.4) is 0 Å². The first-order valence-corrected chi connectivity index (χ1v) is 5.98. The molecule has 0 aromatic heterocycles. The smallest absolute Gasteiger partial charge is 0.190 e. The molecule has 0 aromatic rings. The number of rotatable bonds is 5. The normalized spacial score (nSPS) is 22.9. The first-order valence-electron chi connectivity index (χ1n) is 5.98. The summed E-state index contributed by atoms with van der Waals surface area (Å²) < 4.78 is 10.8. The summed E-state index contributed by atoms with van der Waals surface area (Å²) in [5.74, 6) is 1.47. The quantitative estimate of drug-likeness (QED) is 0.540. The maximum absolute atomic E-state index is 9.08. The summed E-state index contributed by atoms with van der Waals surface area (Å²) in [5, 5.41) is 12.2. The van der Waals surface area contributed by atoms with E-state index in [0.29, 0.717) is 19.0 Å². The van der Waals surface area contributed by atoms with E-state index >= 15 is 0 Å². The van der Waals surface area contributed by atoms with Crippen LogP contribution in [0.2, 0.25) is 0 Å². The molecule has 4 N–H and O–H groups in total. The molecule has 0 aromatic carbocycles. The van der Waals surface area contributed by atoms with E-state index < -0.39 is 0 Å². The van der Waals surface area contributed by atoms with Gasteiger partial charge in [0.15, 0.2) is 5.88 Å². The zero-order chi connectivity index (χ0) is 13.0. The highest BCUT2D eigenvalue weighted by Gasteiger charge is 2.22. The third-order valence-corrected chi connectivity index (χ3v) is 2.80. The summed E-state index contributed by atoms with van der Waals surface area (Å²) in [5.41, 5.74) is 7.94. The number of aliphatic hydroxyl groups is 1. The van der Waals surface area contributed by atoms with Crippen molar-refractivity contribution >= 4 is 0 Å². The fourth-order valence-corrected chi connectivity index (χ4v) is 1.91. The third-order valence-electron chi connectivity index (χ3n) is 2.80. The molecule has 0 amide bonds. The molecule has 0 aliphatic carbocycles. The van der Waals surface area contributed by atoms with Crippen molar-refractivity contribution < 1.29 is 14.6 Å². The van der Waals surface area contributed by atoms with Crippen molar-refractivity contribution in [2.75, 3.05) is 26.9 Å². The number of ether oxygens (including phenoxy) is 2. The number of nitrogens with one attached hydrogen (secondary N) is 3. The Bertz CT molecular complexity index is 401. The molecule has 1 atom stereocenters. The molecule has 0 radical (unpaired) electrons.